The Kier molecular flexibility index (Phi) is 7.10. The molecule has 90 valence electrons. The first kappa shape index (κ1) is 17.3. The van der Waals surface area contributed by atoms with Gasteiger partial charge in [-0.25, -0.2) is 0 Å². The van der Waals surface area contributed by atoms with Crippen molar-refractivity contribution >= 4 is 0 Å². The maximum Gasteiger partial charge on any atom is 3.00 e. The molecule has 1 aromatic heterocycles. The summed E-state index contributed by atoms with van der Waals surface area (Å²) in [5, 5.41) is 0. The van der Waals surface area contributed by atoms with Gasteiger partial charge in [-0.2, -0.15) is 12.8 Å². The third-order valence-corrected chi connectivity index (χ3v) is 3.95. The molecule has 1 heterocycles. The van der Waals surface area contributed by atoms with E-state index in [1.807, 2.05) is 12.4 Å². The Morgan fingerprint density at radius 2 is 2.06 bits per heavy atom. The van der Waals surface area contributed by atoms with Gasteiger partial charge in [-0.1, -0.05) is 12.3 Å². The van der Waals surface area contributed by atoms with Gasteiger partial charge in [0.25, 0.3) is 0 Å². The molecule has 1 atom stereocenters. The predicted molar refractivity (Wildman–Crippen MR) is 69.9 cm³/mol. The van der Waals surface area contributed by atoms with Crippen LogP contribution in [-0.2, 0) is 38.1 Å². The standard InChI is InChI=1S/C14H19N.CH3.Y/c1-4-11-9-14(5-2,6-3)13-10-15-8-7-12(11)13;;/h7-8,10-11H,2-6,9H2,1H3;1H3;/q-2;-1;+3. The molecule has 2 heteroatoms. The Bertz CT molecular complexity index is 345. The van der Waals surface area contributed by atoms with E-state index in [2.05, 4.69) is 31.8 Å². The first-order valence-corrected chi connectivity index (χ1v) is 5.80. The molecular weight excluding hydrogens is 283 g/mol. The van der Waals surface area contributed by atoms with Crippen molar-refractivity contribution in [2.75, 3.05) is 0 Å². The molecule has 0 fully saturated rings. The summed E-state index contributed by atoms with van der Waals surface area (Å²) >= 11 is 0. The SMILES string of the molecule is [CH2-]CC1(C[CH2-])CC(CC)c2ccncc21.[CH3-].[Y+3]. The van der Waals surface area contributed by atoms with Crippen molar-refractivity contribution in [1.82, 2.24) is 4.98 Å². The minimum absolute atomic E-state index is 0. The average Bonchev–Trinajstić information content (AvgIpc) is 2.64. The molecule has 0 N–H and O–H groups in total. The Morgan fingerprint density at radius 3 is 2.59 bits per heavy atom. The summed E-state index contributed by atoms with van der Waals surface area (Å²) in [6.45, 7) is 10.5. The summed E-state index contributed by atoms with van der Waals surface area (Å²) in [7, 11) is 0. The number of fused-ring (bicyclic) bond motifs is 1. The fourth-order valence-corrected chi connectivity index (χ4v) is 2.86. The maximum atomic E-state index is 4.26. The molecule has 1 aliphatic carbocycles. The van der Waals surface area contributed by atoms with Crippen molar-refractivity contribution in [3.05, 3.63) is 50.9 Å². The number of hydrogen-bond acceptors (Lipinski definition) is 1. The van der Waals surface area contributed by atoms with E-state index in [4.69, 9.17) is 0 Å². The van der Waals surface area contributed by atoms with Crippen LogP contribution in [0.3, 0.4) is 0 Å². The Labute approximate surface area is 132 Å². The summed E-state index contributed by atoms with van der Waals surface area (Å²) in [6.07, 6.45) is 8.22. The first-order chi connectivity index (χ1) is 7.27. The second-order valence-corrected chi connectivity index (χ2v) is 4.55. The molecule has 0 saturated carbocycles. The fourth-order valence-electron chi connectivity index (χ4n) is 2.86. The maximum absolute atomic E-state index is 4.26. The Balaban J connectivity index is 0.00000128. The topological polar surface area (TPSA) is 12.9 Å². The normalized spacial score (nSPS) is 20.1. The van der Waals surface area contributed by atoms with Crippen molar-refractivity contribution < 1.29 is 32.7 Å². The molecule has 1 unspecified atom stereocenters. The van der Waals surface area contributed by atoms with Gasteiger partial charge in [0.05, 0.1) is 0 Å². The van der Waals surface area contributed by atoms with Crippen LogP contribution in [0.15, 0.2) is 18.5 Å². The monoisotopic (exact) mass is 305 g/mol. The van der Waals surface area contributed by atoms with Crippen molar-refractivity contribution in [2.24, 2.45) is 0 Å². The Morgan fingerprint density at radius 1 is 1.41 bits per heavy atom. The average molecular weight is 305 g/mol. The van der Waals surface area contributed by atoms with Gasteiger partial charge in [-0.05, 0) is 36.0 Å². The van der Waals surface area contributed by atoms with Crippen molar-refractivity contribution in [2.45, 2.75) is 43.9 Å². The second kappa shape index (κ2) is 6.99. The molecule has 0 bridgehead atoms. The number of hydrogen-bond donors (Lipinski definition) is 0. The van der Waals surface area contributed by atoms with E-state index in [0.29, 0.717) is 5.92 Å². The van der Waals surface area contributed by atoms with E-state index >= 15 is 0 Å². The molecule has 0 aliphatic heterocycles. The fraction of sp³-hybridized carbons (Fsp3) is 0.467. The number of pyridine rings is 1. The van der Waals surface area contributed by atoms with E-state index in [9.17, 15) is 0 Å². The molecule has 0 spiro atoms. The van der Waals surface area contributed by atoms with Gasteiger partial charge in [0.15, 0.2) is 0 Å². The minimum Gasteiger partial charge on any atom is -0.358 e. The molecule has 0 amide bonds. The molecule has 0 aromatic carbocycles. The smallest absolute Gasteiger partial charge is 0.358 e. The van der Waals surface area contributed by atoms with Crippen LogP contribution in [0, 0.1) is 21.3 Å². The predicted octanol–water partition coefficient (Wildman–Crippen LogP) is 4.11. The van der Waals surface area contributed by atoms with E-state index < -0.39 is 0 Å². The van der Waals surface area contributed by atoms with Gasteiger partial charge in [-0.3, -0.25) is 4.98 Å². The number of nitrogens with zero attached hydrogens (tertiary/aromatic N) is 1. The quantitative estimate of drug-likeness (QED) is 0.766. The summed E-state index contributed by atoms with van der Waals surface area (Å²) in [4.78, 5) is 4.26. The van der Waals surface area contributed by atoms with Crippen molar-refractivity contribution in [3.63, 3.8) is 0 Å². The van der Waals surface area contributed by atoms with Gasteiger partial charge in [-0.15, -0.1) is 0 Å². The summed E-state index contributed by atoms with van der Waals surface area (Å²) in [6, 6.07) is 2.18. The summed E-state index contributed by atoms with van der Waals surface area (Å²) < 4.78 is 0. The zero-order valence-electron chi connectivity index (χ0n) is 11.1. The van der Waals surface area contributed by atoms with Gasteiger partial charge < -0.3 is 21.3 Å². The molecule has 1 nitrogen and oxygen atoms in total. The third kappa shape index (κ3) is 2.81. The molecule has 0 radical (unpaired) electrons. The third-order valence-electron chi connectivity index (χ3n) is 3.95. The van der Waals surface area contributed by atoms with Gasteiger partial charge in [0, 0.05) is 12.4 Å². The van der Waals surface area contributed by atoms with Crippen LogP contribution in [0.2, 0.25) is 0 Å². The molecule has 1 aromatic rings. The molecular formula is C15H22NY. The Hall–Kier alpha value is 0.254. The van der Waals surface area contributed by atoms with Gasteiger partial charge in [0.1, 0.15) is 0 Å². The zero-order valence-corrected chi connectivity index (χ0v) is 13.9. The molecule has 1 aliphatic rings. The zero-order chi connectivity index (χ0) is 10.9. The molecule has 17 heavy (non-hydrogen) atoms. The van der Waals surface area contributed by atoms with Crippen LogP contribution < -0.4 is 0 Å². The van der Waals surface area contributed by atoms with Crippen LogP contribution in [0.5, 0.6) is 0 Å². The van der Waals surface area contributed by atoms with E-state index in [1.165, 1.54) is 24.0 Å². The van der Waals surface area contributed by atoms with Crippen LogP contribution in [0.4, 0.5) is 0 Å². The summed E-state index contributed by atoms with van der Waals surface area (Å²) in [5.74, 6) is 0.687. The van der Waals surface area contributed by atoms with Crippen molar-refractivity contribution in [3.8, 4) is 0 Å². The van der Waals surface area contributed by atoms with E-state index in [0.717, 1.165) is 12.8 Å². The number of rotatable bonds is 3. The van der Waals surface area contributed by atoms with Crippen LogP contribution >= 0.6 is 0 Å². The van der Waals surface area contributed by atoms with Crippen LogP contribution in [0.1, 0.15) is 49.7 Å². The second-order valence-electron chi connectivity index (χ2n) is 4.55. The largest absolute Gasteiger partial charge is 3.00 e. The van der Waals surface area contributed by atoms with Gasteiger partial charge >= 0.3 is 32.7 Å². The minimum atomic E-state index is 0. The van der Waals surface area contributed by atoms with Crippen molar-refractivity contribution in [1.29, 1.82) is 0 Å². The van der Waals surface area contributed by atoms with E-state index in [-0.39, 0.29) is 45.6 Å². The molecule has 2 rings (SSSR count). The van der Waals surface area contributed by atoms with E-state index in [1.54, 1.807) is 0 Å². The summed E-state index contributed by atoms with van der Waals surface area (Å²) in [5.41, 5.74) is 3.09. The number of aromatic nitrogens is 1. The van der Waals surface area contributed by atoms with Gasteiger partial charge in [0.2, 0.25) is 0 Å². The van der Waals surface area contributed by atoms with Crippen LogP contribution in [0.25, 0.3) is 0 Å². The molecule has 0 saturated heterocycles. The van der Waals surface area contributed by atoms with Crippen LogP contribution in [-0.4, -0.2) is 4.98 Å². The first-order valence-electron chi connectivity index (χ1n) is 5.80.